The van der Waals surface area contributed by atoms with Crippen molar-refractivity contribution in [2.24, 2.45) is 5.41 Å². The van der Waals surface area contributed by atoms with Crippen molar-refractivity contribution in [1.82, 2.24) is 5.32 Å². The molecule has 0 bridgehead atoms. The van der Waals surface area contributed by atoms with E-state index in [-0.39, 0.29) is 24.9 Å². The smallest absolute Gasteiger partial charge is 0.313 e. The molecule has 5 nitrogen and oxygen atoms in total. The molecule has 0 radical (unpaired) electrons. The normalized spacial score (nSPS) is 24.8. The van der Waals surface area contributed by atoms with Crippen molar-refractivity contribution in [3.05, 3.63) is 29.8 Å². The van der Waals surface area contributed by atoms with Gasteiger partial charge in [-0.15, -0.1) is 11.8 Å². The van der Waals surface area contributed by atoms with Crippen LogP contribution in [0, 0.1) is 12.3 Å². The second kappa shape index (κ2) is 6.49. The highest BCUT2D eigenvalue weighted by Crippen LogP contribution is 2.29. The number of carbonyl (C=O) groups is 2. The quantitative estimate of drug-likeness (QED) is 0.810. The van der Waals surface area contributed by atoms with Crippen molar-refractivity contribution in [2.45, 2.75) is 24.8 Å². The molecule has 0 spiro atoms. The molecule has 1 heterocycles. The van der Waals surface area contributed by atoms with Gasteiger partial charge >= 0.3 is 5.97 Å². The van der Waals surface area contributed by atoms with E-state index in [1.54, 1.807) is 6.92 Å². The molecule has 1 aliphatic rings. The third kappa shape index (κ3) is 3.77. The Kier molecular flexibility index (Phi) is 4.90. The Balaban J connectivity index is 1.87. The maximum Gasteiger partial charge on any atom is 0.313 e. The van der Waals surface area contributed by atoms with Crippen molar-refractivity contribution in [2.75, 3.05) is 19.0 Å². The van der Waals surface area contributed by atoms with Gasteiger partial charge in [0, 0.05) is 4.90 Å². The van der Waals surface area contributed by atoms with Crippen molar-refractivity contribution < 1.29 is 19.4 Å². The highest BCUT2D eigenvalue weighted by Gasteiger charge is 2.47. The number of thioether (sulfide) groups is 1. The molecule has 1 fully saturated rings. The molecule has 6 heteroatoms. The van der Waals surface area contributed by atoms with Crippen LogP contribution in [0.3, 0.4) is 0 Å². The van der Waals surface area contributed by atoms with E-state index >= 15 is 0 Å². The first-order valence-electron chi connectivity index (χ1n) is 6.72. The number of ether oxygens (including phenoxy) is 1. The van der Waals surface area contributed by atoms with E-state index in [0.29, 0.717) is 0 Å². The zero-order chi connectivity index (χ0) is 15.5. The minimum absolute atomic E-state index is 0.123. The second-order valence-corrected chi connectivity index (χ2v) is 6.51. The first-order valence-corrected chi connectivity index (χ1v) is 7.70. The van der Waals surface area contributed by atoms with Gasteiger partial charge in [0.2, 0.25) is 5.91 Å². The number of amides is 1. The summed E-state index contributed by atoms with van der Waals surface area (Å²) < 4.78 is 5.21. The van der Waals surface area contributed by atoms with Crippen LogP contribution in [-0.2, 0) is 14.3 Å². The highest BCUT2D eigenvalue weighted by atomic mass is 32.2. The van der Waals surface area contributed by atoms with Crippen LogP contribution in [0.15, 0.2) is 29.2 Å². The molecule has 1 amide bonds. The topological polar surface area (TPSA) is 75.6 Å². The van der Waals surface area contributed by atoms with Gasteiger partial charge in [0.05, 0.1) is 25.0 Å². The molecule has 1 aromatic carbocycles. The molecule has 0 saturated carbocycles. The first-order chi connectivity index (χ1) is 9.91. The number of carbonyl (C=O) groups excluding carboxylic acids is 1. The van der Waals surface area contributed by atoms with Gasteiger partial charge in [0.25, 0.3) is 0 Å². The third-order valence-corrected chi connectivity index (χ3v) is 4.68. The number of aryl methyl sites for hydroxylation is 1. The summed E-state index contributed by atoms with van der Waals surface area (Å²) in [6.07, 6.45) is 0. The van der Waals surface area contributed by atoms with E-state index in [1.165, 1.54) is 17.3 Å². The predicted octanol–water partition coefficient (Wildman–Crippen LogP) is 1.69. The van der Waals surface area contributed by atoms with Crippen LogP contribution in [-0.4, -0.2) is 42.0 Å². The summed E-state index contributed by atoms with van der Waals surface area (Å²) in [4.78, 5) is 24.3. The third-order valence-electron chi connectivity index (χ3n) is 3.67. The number of aliphatic carboxylic acids is 1. The minimum atomic E-state index is -1.05. The van der Waals surface area contributed by atoms with E-state index < -0.39 is 17.4 Å². The number of rotatable bonds is 5. The Morgan fingerprint density at radius 3 is 2.71 bits per heavy atom. The molecular formula is C15H19NO4S. The van der Waals surface area contributed by atoms with E-state index in [0.717, 1.165) is 4.90 Å². The van der Waals surface area contributed by atoms with Crippen molar-refractivity contribution in [1.29, 1.82) is 0 Å². The van der Waals surface area contributed by atoms with Crippen LogP contribution in [0.4, 0.5) is 0 Å². The Labute approximate surface area is 128 Å². The number of benzene rings is 1. The zero-order valence-electron chi connectivity index (χ0n) is 12.1. The van der Waals surface area contributed by atoms with Crippen LogP contribution in [0.1, 0.15) is 12.5 Å². The molecule has 1 aliphatic heterocycles. The Bertz CT molecular complexity index is 531. The molecule has 2 rings (SSSR count). The number of carboxylic acids is 1. The largest absolute Gasteiger partial charge is 0.481 e. The molecule has 2 atom stereocenters. The van der Waals surface area contributed by atoms with Crippen molar-refractivity contribution >= 4 is 23.6 Å². The number of hydrogen-bond acceptors (Lipinski definition) is 4. The molecule has 2 N–H and O–H groups in total. The number of carboxylic acid groups (broad SMARTS) is 1. The number of nitrogens with one attached hydrogen (secondary N) is 1. The van der Waals surface area contributed by atoms with Gasteiger partial charge in [-0.2, -0.15) is 0 Å². The maximum atomic E-state index is 12.0. The van der Waals surface area contributed by atoms with Crippen LogP contribution >= 0.6 is 11.8 Å². The van der Waals surface area contributed by atoms with E-state index in [9.17, 15) is 14.7 Å². The average molecular weight is 309 g/mol. The SMILES string of the molecule is Cc1ccc(SCC(=O)NC2COCC2(C)C(=O)O)cc1. The predicted molar refractivity (Wildman–Crippen MR) is 80.4 cm³/mol. The summed E-state index contributed by atoms with van der Waals surface area (Å²) >= 11 is 1.43. The molecule has 1 saturated heterocycles. The van der Waals surface area contributed by atoms with Gasteiger partial charge in [-0.3, -0.25) is 9.59 Å². The molecule has 1 aromatic rings. The van der Waals surface area contributed by atoms with Crippen LogP contribution in [0.5, 0.6) is 0 Å². The van der Waals surface area contributed by atoms with E-state index in [2.05, 4.69) is 5.32 Å². The molecule has 0 aliphatic carbocycles. The van der Waals surface area contributed by atoms with Crippen LogP contribution in [0.25, 0.3) is 0 Å². The van der Waals surface area contributed by atoms with Gasteiger partial charge in [0.1, 0.15) is 5.41 Å². The molecule has 21 heavy (non-hydrogen) atoms. The Morgan fingerprint density at radius 1 is 1.43 bits per heavy atom. The lowest BCUT2D eigenvalue weighted by Crippen LogP contribution is -2.50. The Morgan fingerprint density at radius 2 is 2.10 bits per heavy atom. The molecule has 114 valence electrons. The van der Waals surface area contributed by atoms with Gasteiger partial charge in [-0.1, -0.05) is 17.7 Å². The second-order valence-electron chi connectivity index (χ2n) is 5.46. The van der Waals surface area contributed by atoms with Gasteiger partial charge in [-0.05, 0) is 26.0 Å². The molecule has 2 unspecified atom stereocenters. The zero-order valence-corrected chi connectivity index (χ0v) is 12.9. The summed E-state index contributed by atoms with van der Waals surface area (Å²) in [7, 11) is 0. The summed E-state index contributed by atoms with van der Waals surface area (Å²) in [6.45, 7) is 3.97. The van der Waals surface area contributed by atoms with Gasteiger partial charge in [0.15, 0.2) is 0 Å². The average Bonchev–Trinajstić information content (AvgIpc) is 2.81. The summed E-state index contributed by atoms with van der Waals surface area (Å²) in [5, 5.41) is 12.0. The fourth-order valence-electron chi connectivity index (χ4n) is 2.10. The monoisotopic (exact) mass is 309 g/mol. The number of hydrogen-bond donors (Lipinski definition) is 2. The van der Waals surface area contributed by atoms with Crippen molar-refractivity contribution in [3.8, 4) is 0 Å². The van der Waals surface area contributed by atoms with Gasteiger partial charge in [-0.25, -0.2) is 0 Å². The van der Waals surface area contributed by atoms with Gasteiger partial charge < -0.3 is 15.2 Å². The minimum Gasteiger partial charge on any atom is -0.481 e. The standard InChI is InChI=1S/C15H19NO4S/c1-10-3-5-11(6-4-10)21-8-13(17)16-12-7-20-9-15(12,2)14(18)19/h3-6,12H,7-9H2,1-2H3,(H,16,17)(H,18,19). The summed E-state index contributed by atoms with van der Waals surface area (Å²) in [5.74, 6) is -0.866. The van der Waals surface area contributed by atoms with E-state index in [1.807, 2.05) is 31.2 Å². The lowest BCUT2D eigenvalue weighted by molar-refractivity contribution is -0.148. The van der Waals surface area contributed by atoms with Crippen molar-refractivity contribution in [3.63, 3.8) is 0 Å². The lowest BCUT2D eigenvalue weighted by Gasteiger charge is -2.25. The highest BCUT2D eigenvalue weighted by molar-refractivity contribution is 8.00. The Hall–Kier alpha value is -1.53. The van der Waals surface area contributed by atoms with Crippen LogP contribution in [0.2, 0.25) is 0 Å². The summed E-state index contributed by atoms with van der Waals surface area (Å²) in [6, 6.07) is 7.43. The summed E-state index contributed by atoms with van der Waals surface area (Å²) in [5.41, 5.74) is 0.119. The van der Waals surface area contributed by atoms with Crippen LogP contribution < -0.4 is 5.32 Å². The van der Waals surface area contributed by atoms with E-state index in [4.69, 9.17) is 4.74 Å². The fourth-order valence-corrected chi connectivity index (χ4v) is 2.81. The molecular weight excluding hydrogens is 290 g/mol. The lowest BCUT2D eigenvalue weighted by atomic mass is 9.85. The fraction of sp³-hybridized carbons (Fsp3) is 0.467. The molecule has 0 aromatic heterocycles. The first kappa shape index (κ1) is 15.9. The maximum absolute atomic E-state index is 12.0.